The fourth-order valence-electron chi connectivity index (χ4n) is 2.78. The van der Waals surface area contributed by atoms with E-state index in [0.29, 0.717) is 5.57 Å². The van der Waals surface area contributed by atoms with E-state index in [0.717, 1.165) is 6.42 Å². The molecule has 0 aliphatic rings. The van der Waals surface area contributed by atoms with Crippen molar-refractivity contribution in [1.82, 2.24) is 0 Å². The van der Waals surface area contributed by atoms with Crippen molar-refractivity contribution in [3.05, 3.63) is 11.6 Å². The molecule has 0 spiro atoms. The summed E-state index contributed by atoms with van der Waals surface area (Å²) in [5.74, 6) is -3.60. The molecule has 0 heterocycles. The van der Waals surface area contributed by atoms with E-state index in [9.17, 15) is 4.79 Å². The van der Waals surface area contributed by atoms with Crippen molar-refractivity contribution < 1.29 is 27.2 Å². The topological polar surface area (TPSA) is 63.2 Å². The average Bonchev–Trinajstić information content (AvgIpc) is 2.40. The monoisotopic (exact) mass is 466 g/mol. The van der Waals surface area contributed by atoms with E-state index in [1.54, 1.807) is 13.8 Å². The van der Waals surface area contributed by atoms with Gasteiger partial charge in [-0.3, -0.25) is 0 Å². The van der Waals surface area contributed by atoms with Crippen LogP contribution in [0.3, 0.4) is 0 Å². The number of hydrogen-bond donors (Lipinski definition) is 0. The first-order valence-corrected chi connectivity index (χ1v) is 20.9. The van der Waals surface area contributed by atoms with Crippen LogP contribution in [0.25, 0.3) is 0 Å². The molecule has 0 rings (SSSR count). The van der Waals surface area contributed by atoms with Gasteiger partial charge in [0.25, 0.3) is 0 Å². The normalized spacial score (nSPS) is 16.8. The highest BCUT2D eigenvalue weighted by molar-refractivity contribution is 6.71. The summed E-state index contributed by atoms with van der Waals surface area (Å²) >= 11 is 0. The molecule has 1 atom stereocenters. The van der Waals surface area contributed by atoms with Crippen LogP contribution in [0.1, 0.15) is 27.2 Å². The third kappa shape index (κ3) is 9.16. The van der Waals surface area contributed by atoms with Gasteiger partial charge in [0.1, 0.15) is 0 Å². The molecule has 0 saturated carbocycles. The maximum absolute atomic E-state index is 12.9. The van der Waals surface area contributed by atoms with Crippen LogP contribution in [0.15, 0.2) is 11.6 Å². The van der Waals surface area contributed by atoms with Crippen molar-refractivity contribution in [3.8, 4) is 0 Å². The molecule has 0 bridgehead atoms. The Hall–Kier alpha value is -0.0825. The lowest BCUT2D eigenvalue weighted by atomic mass is 10.2. The molecule has 166 valence electrons. The maximum Gasteiger partial charge on any atom is 0.365 e. The summed E-state index contributed by atoms with van der Waals surface area (Å²) in [6.07, 6.45) is 2.56. The molecule has 28 heavy (non-hydrogen) atoms. The Morgan fingerprint density at radius 2 is 1.29 bits per heavy atom. The molecule has 0 amide bonds. The second kappa shape index (κ2) is 9.82. The van der Waals surface area contributed by atoms with E-state index >= 15 is 0 Å². The summed E-state index contributed by atoms with van der Waals surface area (Å²) < 4.78 is 31.3. The molecule has 0 aromatic rings. The number of hydrogen-bond acceptors (Lipinski definition) is 6. The van der Waals surface area contributed by atoms with Crippen LogP contribution in [0, 0.1) is 0 Å². The van der Waals surface area contributed by atoms with Crippen LogP contribution >= 0.6 is 0 Å². The van der Waals surface area contributed by atoms with Gasteiger partial charge < -0.3 is 22.4 Å². The molecule has 0 saturated heterocycles. The molecule has 1 unspecified atom stereocenters. The quantitative estimate of drug-likeness (QED) is 0.198. The summed E-state index contributed by atoms with van der Waals surface area (Å²) in [6, 6.07) is 0. The standard InChI is InChI=1S/C18H42O6Si4/c1-13-14-15(2)16(19)20-18(21-25,24-28(10,11)12)17(3,22-26(4,5)6)23-27(7,8)9/h14H,13H2,1-12,25H3. The van der Waals surface area contributed by atoms with Crippen LogP contribution < -0.4 is 0 Å². The zero-order chi connectivity index (χ0) is 22.6. The predicted octanol–water partition coefficient (Wildman–Crippen LogP) is 4.11. The van der Waals surface area contributed by atoms with Crippen molar-refractivity contribution in [2.45, 2.75) is 97.9 Å². The van der Waals surface area contributed by atoms with E-state index in [2.05, 4.69) is 39.3 Å². The molecular weight excluding hydrogens is 425 g/mol. The van der Waals surface area contributed by atoms with Crippen molar-refractivity contribution in [3.63, 3.8) is 0 Å². The molecule has 0 aliphatic carbocycles. The van der Waals surface area contributed by atoms with E-state index in [4.69, 9.17) is 22.4 Å². The summed E-state index contributed by atoms with van der Waals surface area (Å²) in [7, 11) is -6.19. The largest absolute Gasteiger partial charge is 0.401 e. The van der Waals surface area contributed by atoms with E-state index in [-0.39, 0.29) is 10.5 Å². The molecule has 0 fully saturated rings. The minimum Gasteiger partial charge on any atom is -0.401 e. The number of esters is 1. The maximum atomic E-state index is 12.9. The lowest BCUT2D eigenvalue weighted by Gasteiger charge is -2.51. The van der Waals surface area contributed by atoms with Gasteiger partial charge >= 0.3 is 11.9 Å². The van der Waals surface area contributed by atoms with Gasteiger partial charge in [0.05, 0.1) is 0 Å². The number of carbonyl (C=O) groups is 1. The zero-order valence-electron chi connectivity index (χ0n) is 20.2. The SMILES string of the molecule is CCC=C(C)C(=O)OC(O[SiH3])(O[Si](C)(C)C)C(C)(O[Si](C)(C)C)O[Si](C)(C)C. The number of rotatable bonds is 11. The molecule has 10 heteroatoms. The summed E-state index contributed by atoms with van der Waals surface area (Å²) in [4.78, 5) is 12.9. The smallest absolute Gasteiger partial charge is 0.365 e. The minimum atomic E-state index is -2.22. The lowest BCUT2D eigenvalue weighted by molar-refractivity contribution is -0.403. The van der Waals surface area contributed by atoms with Gasteiger partial charge in [0.15, 0.2) is 35.4 Å². The highest BCUT2D eigenvalue weighted by atomic mass is 28.4. The molecule has 0 aliphatic heterocycles. The number of allylic oxidation sites excluding steroid dienone is 1. The third-order valence-electron chi connectivity index (χ3n) is 3.33. The molecule has 0 aromatic carbocycles. The molecule has 6 nitrogen and oxygen atoms in total. The van der Waals surface area contributed by atoms with Gasteiger partial charge in [0.2, 0.25) is 5.79 Å². The Balaban J connectivity index is 6.52. The summed E-state index contributed by atoms with van der Waals surface area (Å²) in [6.45, 7) is 23.9. The van der Waals surface area contributed by atoms with Crippen LogP contribution in [0.4, 0.5) is 0 Å². The van der Waals surface area contributed by atoms with Crippen LogP contribution in [0.5, 0.6) is 0 Å². The van der Waals surface area contributed by atoms with Gasteiger partial charge in [-0.1, -0.05) is 13.0 Å². The predicted molar refractivity (Wildman–Crippen MR) is 126 cm³/mol. The minimum absolute atomic E-state index is 0.278. The Kier molecular flexibility index (Phi) is 9.79. The van der Waals surface area contributed by atoms with Gasteiger partial charge in [0, 0.05) is 5.57 Å². The summed E-state index contributed by atoms with van der Waals surface area (Å²) in [5.41, 5.74) is 0.508. The van der Waals surface area contributed by atoms with Crippen LogP contribution in [-0.2, 0) is 27.2 Å². The number of ether oxygens (including phenoxy) is 1. The highest BCUT2D eigenvalue weighted by Gasteiger charge is 2.61. The van der Waals surface area contributed by atoms with Gasteiger partial charge in [-0.05, 0) is 79.2 Å². The molecule has 0 aromatic heterocycles. The van der Waals surface area contributed by atoms with Gasteiger partial charge in [-0.15, -0.1) is 0 Å². The zero-order valence-corrected chi connectivity index (χ0v) is 25.2. The Morgan fingerprint density at radius 1 is 0.893 bits per heavy atom. The first kappa shape index (κ1) is 27.9. The van der Waals surface area contributed by atoms with Crippen LogP contribution in [0.2, 0.25) is 58.9 Å². The fraction of sp³-hybridized carbons (Fsp3) is 0.833. The van der Waals surface area contributed by atoms with Gasteiger partial charge in [-0.25, -0.2) is 4.79 Å². The number of carbonyl (C=O) groups excluding carboxylic acids is 1. The second-order valence-electron chi connectivity index (χ2n) is 10.0. The Labute approximate surface area is 178 Å². The van der Waals surface area contributed by atoms with E-state index in [1.807, 2.05) is 32.6 Å². The van der Waals surface area contributed by atoms with Crippen molar-refractivity contribution in [1.29, 1.82) is 0 Å². The van der Waals surface area contributed by atoms with E-state index in [1.165, 1.54) is 0 Å². The third-order valence-corrected chi connectivity index (χ3v) is 6.75. The Morgan fingerprint density at radius 3 is 1.57 bits per heavy atom. The molecule has 0 radical (unpaired) electrons. The lowest BCUT2D eigenvalue weighted by Crippen LogP contribution is -2.68. The first-order valence-electron chi connectivity index (χ1n) is 9.85. The summed E-state index contributed by atoms with van der Waals surface area (Å²) in [5, 5.41) is 0. The van der Waals surface area contributed by atoms with Crippen molar-refractivity contribution in [2.24, 2.45) is 0 Å². The Bertz CT molecular complexity index is 544. The fourth-order valence-corrected chi connectivity index (χ4v) is 7.36. The van der Waals surface area contributed by atoms with E-state index < -0.39 is 42.7 Å². The van der Waals surface area contributed by atoms with Crippen molar-refractivity contribution in [2.75, 3.05) is 0 Å². The first-order chi connectivity index (χ1) is 12.3. The average molecular weight is 467 g/mol. The highest BCUT2D eigenvalue weighted by Crippen LogP contribution is 2.40. The molecular formula is C18H42O6Si4. The molecule has 0 N–H and O–H groups in total. The van der Waals surface area contributed by atoms with Crippen molar-refractivity contribution >= 4 is 41.4 Å². The second-order valence-corrected chi connectivity index (χ2v) is 23.7. The van der Waals surface area contributed by atoms with Crippen LogP contribution in [-0.4, -0.2) is 53.2 Å². The van der Waals surface area contributed by atoms with Gasteiger partial charge in [-0.2, -0.15) is 0 Å².